The molecule has 13 aromatic rings. The third-order valence-corrected chi connectivity index (χ3v) is 12.0. The van der Waals surface area contributed by atoms with Crippen molar-refractivity contribution >= 4 is 92.5 Å². The topological polar surface area (TPSA) is 35.1 Å². The zero-order valence-corrected chi connectivity index (χ0v) is 30.1. The fourth-order valence-electron chi connectivity index (χ4n) is 9.61. The van der Waals surface area contributed by atoms with Crippen LogP contribution in [0, 0.1) is 0 Å². The highest BCUT2D eigenvalue weighted by atomic mass is 15.0. The fourth-order valence-corrected chi connectivity index (χ4v) is 9.61. The molecule has 258 valence electrons. The van der Waals surface area contributed by atoms with Crippen molar-refractivity contribution in [3.63, 3.8) is 0 Å². The second-order valence-corrected chi connectivity index (χ2v) is 14.9. The summed E-state index contributed by atoms with van der Waals surface area (Å²) in [6.07, 6.45) is 0. The molecule has 56 heavy (non-hydrogen) atoms. The van der Waals surface area contributed by atoms with E-state index in [0.717, 1.165) is 44.6 Å². The van der Waals surface area contributed by atoms with Crippen molar-refractivity contribution < 1.29 is 0 Å². The van der Waals surface area contributed by atoms with Gasteiger partial charge in [-0.25, -0.2) is 9.97 Å². The van der Waals surface area contributed by atoms with Crippen LogP contribution < -0.4 is 0 Å². The van der Waals surface area contributed by atoms with Gasteiger partial charge in [0.15, 0.2) is 0 Å². The summed E-state index contributed by atoms with van der Waals surface area (Å²) in [5, 5.41) is 12.5. The molecule has 0 bridgehead atoms. The van der Waals surface area contributed by atoms with Crippen molar-refractivity contribution in [2.75, 3.05) is 0 Å². The number of benzene rings is 9. The van der Waals surface area contributed by atoms with Gasteiger partial charge in [0, 0.05) is 54.5 Å². The SMILES string of the molecule is c1ccc2c(-c3nc4ccccc4nc3-c3ccc(-n4c5ccccc5c5cc6c7ccccc7n7c8c9ccccc9ccc8c(c54)c67)cc3)cccc2c1. The van der Waals surface area contributed by atoms with Gasteiger partial charge in [-0.05, 0) is 58.6 Å². The average molecular weight is 711 g/mol. The Hall–Kier alpha value is -7.56. The van der Waals surface area contributed by atoms with E-state index >= 15 is 0 Å². The van der Waals surface area contributed by atoms with Crippen molar-refractivity contribution in [1.82, 2.24) is 18.9 Å². The van der Waals surface area contributed by atoms with E-state index in [4.69, 9.17) is 9.97 Å². The molecular formula is C52H30N4. The minimum Gasteiger partial charge on any atom is -0.309 e. The molecule has 0 aliphatic heterocycles. The Morgan fingerprint density at radius 3 is 1.73 bits per heavy atom. The Morgan fingerprint density at radius 1 is 0.357 bits per heavy atom. The lowest BCUT2D eigenvalue weighted by molar-refractivity contribution is 1.19. The Balaban J connectivity index is 1.11. The third kappa shape index (κ3) is 3.92. The van der Waals surface area contributed by atoms with Gasteiger partial charge in [0.1, 0.15) is 0 Å². The number of rotatable bonds is 3. The zero-order chi connectivity index (χ0) is 36.5. The molecule has 0 aliphatic rings. The average Bonchev–Trinajstić information content (AvgIpc) is 3.90. The van der Waals surface area contributed by atoms with E-state index in [-0.39, 0.29) is 0 Å². The first kappa shape index (κ1) is 29.8. The van der Waals surface area contributed by atoms with E-state index in [0.29, 0.717) is 0 Å². The van der Waals surface area contributed by atoms with Crippen molar-refractivity contribution in [3.05, 3.63) is 182 Å². The van der Waals surface area contributed by atoms with Crippen LogP contribution in [0.1, 0.15) is 0 Å². The summed E-state index contributed by atoms with van der Waals surface area (Å²) in [5.41, 5.74) is 12.9. The van der Waals surface area contributed by atoms with Gasteiger partial charge >= 0.3 is 0 Å². The molecular weight excluding hydrogens is 681 g/mol. The lowest BCUT2D eigenvalue weighted by Gasteiger charge is -2.14. The van der Waals surface area contributed by atoms with Gasteiger partial charge in [0.2, 0.25) is 0 Å². The summed E-state index contributed by atoms with van der Waals surface area (Å²) in [7, 11) is 0. The Morgan fingerprint density at radius 2 is 0.946 bits per heavy atom. The summed E-state index contributed by atoms with van der Waals surface area (Å²) in [5.74, 6) is 0. The first-order valence-corrected chi connectivity index (χ1v) is 19.2. The molecule has 0 saturated heterocycles. The molecule has 0 saturated carbocycles. The van der Waals surface area contributed by atoms with Gasteiger partial charge in [-0.15, -0.1) is 0 Å². The van der Waals surface area contributed by atoms with Crippen LogP contribution in [0.4, 0.5) is 0 Å². The van der Waals surface area contributed by atoms with E-state index in [2.05, 4.69) is 173 Å². The monoisotopic (exact) mass is 710 g/mol. The maximum atomic E-state index is 5.29. The number of hydrogen-bond acceptors (Lipinski definition) is 2. The molecule has 13 rings (SSSR count). The minimum absolute atomic E-state index is 0.875. The summed E-state index contributed by atoms with van der Waals surface area (Å²) >= 11 is 0. The molecule has 4 heterocycles. The van der Waals surface area contributed by atoms with Crippen molar-refractivity contribution in [3.8, 4) is 28.2 Å². The van der Waals surface area contributed by atoms with Gasteiger partial charge in [0.25, 0.3) is 0 Å². The largest absolute Gasteiger partial charge is 0.309 e. The Kier molecular flexibility index (Phi) is 5.86. The van der Waals surface area contributed by atoms with Crippen LogP contribution in [0.25, 0.3) is 121 Å². The molecule has 4 aromatic heterocycles. The highest BCUT2D eigenvalue weighted by molar-refractivity contribution is 6.36. The van der Waals surface area contributed by atoms with Crippen LogP contribution in [-0.4, -0.2) is 18.9 Å². The Bertz CT molecular complexity index is 3750. The number of fused-ring (bicyclic) bond motifs is 14. The number of aromatic nitrogens is 4. The quantitative estimate of drug-likeness (QED) is 0.183. The maximum Gasteiger partial charge on any atom is 0.0979 e. The normalized spacial score (nSPS) is 12.3. The van der Waals surface area contributed by atoms with E-state index in [1.807, 2.05) is 18.2 Å². The number of hydrogen-bond donors (Lipinski definition) is 0. The van der Waals surface area contributed by atoms with E-state index in [9.17, 15) is 0 Å². The first-order chi connectivity index (χ1) is 27.8. The molecule has 0 amide bonds. The lowest BCUT2D eigenvalue weighted by Crippen LogP contribution is -1.98. The lowest BCUT2D eigenvalue weighted by atomic mass is 9.98. The predicted molar refractivity (Wildman–Crippen MR) is 234 cm³/mol. The number of para-hydroxylation sites is 4. The fraction of sp³-hybridized carbons (Fsp3) is 0. The van der Waals surface area contributed by atoms with E-state index in [1.165, 1.54) is 76.1 Å². The van der Waals surface area contributed by atoms with Crippen LogP contribution in [0.3, 0.4) is 0 Å². The smallest absolute Gasteiger partial charge is 0.0979 e. The molecule has 0 spiro atoms. The zero-order valence-electron chi connectivity index (χ0n) is 30.1. The van der Waals surface area contributed by atoms with E-state index in [1.54, 1.807) is 0 Å². The van der Waals surface area contributed by atoms with Gasteiger partial charge < -0.3 is 8.97 Å². The molecule has 0 fully saturated rings. The van der Waals surface area contributed by atoms with Gasteiger partial charge in [0.05, 0.1) is 50.0 Å². The summed E-state index contributed by atoms with van der Waals surface area (Å²) in [4.78, 5) is 10.6. The van der Waals surface area contributed by atoms with Crippen molar-refractivity contribution in [1.29, 1.82) is 0 Å². The highest BCUT2D eigenvalue weighted by Crippen LogP contribution is 2.48. The summed E-state index contributed by atoms with van der Waals surface area (Å²) in [6, 6.07) is 65.7. The van der Waals surface area contributed by atoms with Crippen LogP contribution in [0.5, 0.6) is 0 Å². The molecule has 0 N–H and O–H groups in total. The van der Waals surface area contributed by atoms with Gasteiger partial charge in [-0.3, -0.25) is 0 Å². The first-order valence-electron chi connectivity index (χ1n) is 19.2. The van der Waals surface area contributed by atoms with E-state index < -0.39 is 0 Å². The molecule has 4 heteroatoms. The predicted octanol–water partition coefficient (Wildman–Crippen LogP) is 13.5. The highest BCUT2D eigenvalue weighted by Gasteiger charge is 2.25. The molecule has 4 nitrogen and oxygen atoms in total. The van der Waals surface area contributed by atoms with Crippen molar-refractivity contribution in [2.45, 2.75) is 0 Å². The molecule has 0 aliphatic carbocycles. The third-order valence-electron chi connectivity index (χ3n) is 12.0. The molecule has 0 radical (unpaired) electrons. The van der Waals surface area contributed by atoms with Gasteiger partial charge in [-0.1, -0.05) is 140 Å². The minimum atomic E-state index is 0.875. The van der Waals surface area contributed by atoms with Crippen LogP contribution in [0.15, 0.2) is 182 Å². The van der Waals surface area contributed by atoms with Crippen molar-refractivity contribution in [2.24, 2.45) is 0 Å². The van der Waals surface area contributed by atoms with Gasteiger partial charge in [-0.2, -0.15) is 0 Å². The Labute approximate surface area is 320 Å². The summed E-state index contributed by atoms with van der Waals surface area (Å²) in [6.45, 7) is 0. The second kappa shape index (κ2) is 11.0. The van der Waals surface area contributed by atoms with Crippen LogP contribution in [-0.2, 0) is 0 Å². The van der Waals surface area contributed by atoms with Crippen LogP contribution >= 0.6 is 0 Å². The summed E-state index contributed by atoms with van der Waals surface area (Å²) < 4.78 is 5.00. The number of nitrogens with zero attached hydrogens (tertiary/aromatic N) is 4. The molecule has 0 unspecified atom stereocenters. The van der Waals surface area contributed by atoms with Crippen LogP contribution in [0.2, 0.25) is 0 Å². The standard InChI is InChI=1S/C52H30N4/c1-3-15-35-31(12-1)14-11-19-39(35)49-48(53-43-20-7-8-21-44(43)54-49)33-24-27-34(28-25-33)55-45-22-9-5-17-37(45)41-30-42-38-18-6-10-23-46(38)56-50-36-16-4-2-13-32(36)26-29-40(50)47(51(41)55)52(42)56/h1-30H. The second-order valence-electron chi connectivity index (χ2n) is 14.9. The maximum absolute atomic E-state index is 5.29. The molecule has 9 aromatic carbocycles. The molecule has 0 atom stereocenters.